The van der Waals surface area contributed by atoms with Gasteiger partial charge in [-0.2, -0.15) is 0 Å². The van der Waals surface area contributed by atoms with E-state index < -0.39 is 17.1 Å². The lowest BCUT2D eigenvalue weighted by molar-refractivity contribution is -0.127. The summed E-state index contributed by atoms with van der Waals surface area (Å²) in [4.78, 5) is 37.8. The highest BCUT2D eigenvalue weighted by atomic mass is 35.5. The van der Waals surface area contributed by atoms with Gasteiger partial charge in [0.05, 0.1) is 4.91 Å². The Labute approximate surface area is 153 Å². The van der Waals surface area contributed by atoms with Crippen molar-refractivity contribution in [2.75, 3.05) is 11.9 Å². The van der Waals surface area contributed by atoms with Crippen LogP contribution in [0, 0.1) is 0 Å². The van der Waals surface area contributed by atoms with Gasteiger partial charge in [-0.05, 0) is 41.6 Å². The zero-order valence-corrected chi connectivity index (χ0v) is 14.5. The first kappa shape index (κ1) is 17.3. The molecule has 0 atom stereocenters. The predicted octanol–water partition coefficient (Wildman–Crippen LogP) is 4.02. The number of hydrogen-bond acceptors (Lipinski definition) is 4. The molecule has 1 aliphatic heterocycles. The minimum Gasteiger partial charge on any atom is -0.324 e. The number of thioether (sulfide) groups is 1. The van der Waals surface area contributed by atoms with Gasteiger partial charge in [0.2, 0.25) is 5.91 Å². The van der Waals surface area contributed by atoms with Crippen LogP contribution < -0.4 is 5.32 Å². The molecule has 126 valence electrons. The van der Waals surface area contributed by atoms with E-state index in [1.807, 2.05) is 30.3 Å². The van der Waals surface area contributed by atoms with E-state index in [1.54, 1.807) is 30.3 Å². The first-order valence-corrected chi connectivity index (χ1v) is 8.58. The smallest absolute Gasteiger partial charge is 0.294 e. The van der Waals surface area contributed by atoms with E-state index in [0.717, 1.165) is 22.2 Å². The van der Waals surface area contributed by atoms with Crippen LogP contribution in [0.1, 0.15) is 5.56 Å². The minimum absolute atomic E-state index is 0.298. The molecular formula is C18H13ClN2O3S. The van der Waals surface area contributed by atoms with Crippen molar-refractivity contribution in [2.45, 2.75) is 0 Å². The maximum absolute atomic E-state index is 12.4. The normalized spacial score (nSPS) is 15.7. The fourth-order valence-corrected chi connectivity index (χ4v) is 3.28. The van der Waals surface area contributed by atoms with Crippen molar-refractivity contribution < 1.29 is 14.4 Å². The molecule has 1 saturated heterocycles. The Hall–Kier alpha value is -2.57. The number of imide groups is 1. The molecule has 0 bridgehead atoms. The van der Waals surface area contributed by atoms with Crippen molar-refractivity contribution in [3.63, 3.8) is 0 Å². The van der Waals surface area contributed by atoms with E-state index in [9.17, 15) is 14.4 Å². The van der Waals surface area contributed by atoms with E-state index in [4.69, 9.17) is 11.6 Å². The molecule has 1 N–H and O–H groups in total. The standard InChI is InChI=1S/C18H13ClN2O3S/c19-13-7-4-8-14(10-13)20-16(22)11-21-17(23)15(25-18(21)24)9-12-5-2-1-3-6-12/h1-10H,11H2,(H,20,22)/b15-9-. The Morgan fingerprint density at radius 1 is 1.12 bits per heavy atom. The summed E-state index contributed by atoms with van der Waals surface area (Å²) >= 11 is 6.69. The molecule has 0 spiro atoms. The van der Waals surface area contributed by atoms with Crippen molar-refractivity contribution in [2.24, 2.45) is 0 Å². The van der Waals surface area contributed by atoms with Gasteiger partial charge in [0.1, 0.15) is 6.54 Å². The summed E-state index contributed by atoms with van der Waals surface area (Å²) in [7, 11) is 0. The van der Waals surface area contributed by atoms with Gasteiger partial charge in [0, 0.05) is 10.7 Å². The summed E-state index contributed by atoms with van der Waals surface area (Å²) < 4.78 is 0. The first-order valence-electron chi connectivity index (χ1n) is 7.39. The van der Waals surface area contributed by atoms with E-state index in [0.29, 0.717) is 15.6 Å². The van der Waals surface area contributed by atoms with E-state index in [2.05, 4.69) is 5.32 Å². The highest BCUT2D eigenvalue weighted by molar-refractivity contribution is 8.18. The van der Waals surface area contributed by atoms with Gasteiger partial charge in [-0.25, -0.2) is 0 Å². The van der Waals surface area contributed by atoms with Crippen LogP contribution in [0.5, 0.6) is 0 Å². The third kappa shape index (κ3) is 4.29. The van der Waals surface area contributed by atoms with Crippen LogP contribution in [0.15, 0.2) is 59.5 Å². The number of carbonyl (C=O) groups excluding carboxylic acids is 3. The summed E-state index contributed by atoms with van der Waals surface area (Å²) in [5.74, 6) is -0.939. The number of anilines is 1. The fourth-order valence-electron chi connectivity index (χ4n) is 2.25. The second kappa shape index (κ2) is 7.55. The third-order valence-electron chi connectivity index (χ3n) is 3.38. The molecule has 3 rings (SSSR count). The van der Waals surface area contributed by atoms with Crippen LogP contribution in [0.25, 0.3) is 6.08 Å². The molecule has 25 heavy (non-hydrogen) atoms. The van der Waals surface area contributed by atoms with Gasteiger partial charge in [-0.3, -0.25) is 19.3 Å². The van der Waals surface area contributed by atoms with E-state index in [1.165, 1.54) is 0 Å². The number of rotatable bonds is 4. The van der Waals surface area contributed by atoms with Crippen molar-refractivity contribution in [3.8, 4) is 0 Å². The Balaban J connectivity index is 1.68. The van der Waals surface area contributed by atoms with Crippen LogP contribution in [0.4, 0.5) is 10.5 Å². The number of halogens is 1. The molecule has 1 fully saturated rings. The molecule has 0 saturated carbocycles. The molecule has 1 aliphatic rings. The summed E-state index contributed by atoms with van der Waals surface area (Å²) in [5, 5.41) is 2.63. The van der Waals surface area contributed by atoms with Gasteiger partial charge < -0.3 is 5.32 Å². The minimum atomic E-state index is -0.472. The van der Waals surface area contributed by atoms with Gasteiger partial charge in [-0.15, -0.1) is 0 Å². The lowest BCUT2D eigenvalue weighted by Gasteiger charge is -2.12. The zero-order valence-electron chi connectivity index (χ0n) is 12.9. The average molecular weight is 373 g/mol. The molecule has 0 aliphatic carbocycles. The van der Waals surface area contributed by atoms with Gasteiger partial charge >= 0.3 is 0 Å². The van der Waals surface area contributed by atoms with E-state index >= 15 is 0 Å². The monoisotopic (exact) mass is 372 g/mol. The molecule has 0 radical (unpaired) electrons. The van der Waals surface area contributed by atoms with E-state index in [-0.39, 0.29) is 6.54 Å². The molecule has 2 aromatic rings. The highest BCUT2D eigenvalue weighted by Gasteiger charge is 2.36. The van der Waals surface area contributed by atoms with Crippen molar-refractivity contribution in [1.29, 1.82) is 0 Å². The SMILES string of the molecule is O=C(CN1C(=O)S/C(=C\c2ccccc2)C1=O)Nc1cccc(Cl)c1. The Morgan fingerprint density at radius 3 is 2.60 bits per heavy atom. The largest absolute Gasteiger partial charge is 0.324 e. The van der Waals surface area contributed by atoms with Gasteiger partial charge in [-0.1, -0.05) is 48.0 Å². The number of nitrogens with zero attached hydrogens (tertiary/aromatic N) is 1. The second-order valence-electron chi connectivity index (χ2n) is 5.24. The first-order chi connectivity index (χ1) is 12.0. The van der Waals surface area contributed by atoms with Crippen molar-refractivity contribution in [1.82, 2.24) is 4.90 Å². The predicted molar refractivity (Wildman–Crippen MR) is 99.2 cm³/mol. The molecule has 3 amide bonds. The lowest BCUT2D eigenvalue weighted by Crippen LogP contribution is -2.36. The molecule has 7 heteroatoms. The summed E-state index contributed by atoms with van der Waals surface area (Å²) in [5.41, 5.74) is 1.32. The fraction of sp³-hybridized carbons (Fsp3) is 0.0556. The number of benzene rings is 2. The van der Waals surface area contributed by atoms with Gasteiger partial charge in [0.15, 0.2) is 0 Å². The Kier molecular flexibility index (Phi) is 5.21. The summed E-state index contributed by atoms with van der Waals surface area (Å²) in [6, 6.07) is 15.9. The molecule has 2 aromatic carbocycles. The Bertz CT molecular complexity index is 868. The maximum atomic E-state index is 12.4. The number of hydrogen-bond donors (Lipinski definition) is 1. The molecular weight excluding hydrogens is 360 g/mol. The number of nitrogens with one attached hydrogen (secondary N) is 1. The maximum Gasteiger partial charge on any atom is 0.294 e. The molecule has 0 aromatic heterocycles. The van der Waals surface area contributed by atoms with Crippen LogP contribution >= 0.6 is 23.4 Å². The van der Waals surface area contributed by atoms with Crippen LogP contribution in [-0.2, 0) is 9.59 Å². The molecule has 5 nitrogen and oxygen atoms in total. The Morgan fingerprint density at radius 2 is 1.88 bits per heavy atom. The number of amides is 3. The summed E-state index contributed by atoms with van der Waals surface area (Å²) in [6.45, 7) is -0.344. The van der Waals surface area contributed by atoms with Crippen molar-refractivity contribution in [3.05, 3.63) is 70.1 Å². The topological polar surface area (TPSA) is 66.5 Å². The second-order valence-corrected chi connectivity index (χ2v) is 6.67. The molecule has 1 heterocycles. The van der Waals surface area contributed by atoms with Crippen molar-refractivity contribution >= 4 is 52.2 Å². The highest BCUT2D eigenvalue weighted by Crippen LogP contribution is 2.32. The summed E-state index contributed by atoms with van der Waals surface area (Å²) in [6.07, 6.45) is 1.64. The number of carbonyl (C=O) groups is 3. The zero-order chi connectivity index (χ0) is 17.8. The van der Waals surface area contributed by atoms with Crippen LogP contribution in [0.2, 0.25) is 5.02 Å². The lowest BCUT2D eigenvalue weighted by atomic mass is 10.2. The van der Waals surface area contributed by atoms with Gasteiger partial charge in [0.25, 0.3) is 11.1 Å². The van der Waals surface area contributed by atoms with Crippen LogP contribution in [0.3, 0.4) is 0 Å². The third-order valence-corrected chi connectivity index (χ3v) is 4.52. The molecule has 0 unspecified atom stereocenters. The quantitative estimate of drug-likeness (QED) is 0.823. The average Bonchev–Trinajstić information content (AvgIpc) is 2.83. The van der Waals surface area contributed by atoms with Crippen LogP contribution in [-0.4, -0.2) is 28.5 Å².